The average Bonchev–Trinajstić information content (AvgIpc) is 2.46. The van der Waals surface area contributed by atoms with E-state index in [1.807, 2.05) is 0 Å². The molecule has 2 fully saturated rings. The SMILES string of the molecule is CCNCC1CCCN(CC2CN(C(C)C)CCO2)C1. The highest BCUT2D eigenvalue weighted by Crippen LogP contribution is 2.18. The highest BCUT2D eigenvalue weighted by atomic mass is 16.5. The third-order valence-corrected chi connectivity index (χ3v) is 4.65. The van der Waals surface area contributed by atoms with E-state index in [1.54, 1.807) is 0 Å². The van der Waals surface area contributed by atoms with Crippen LogP contribution in [0.4, 0.5) is 0 Å². The van der Waals surface area contributed by atoms with E-state index >= 15 is 0 Å². The molecule has 2 aliphatic heterocycles. The molecule has 2 unspecified atom stereocenters. The summed E-state index contributed by atoms with van der Waals surface area (Å²) in [5, 5.41) is 3.50. The number of morpholine rings is 1. The minimum Gasteiger partial charge on any atom is -0.374 e. The van der Waals surface area contributed by atoms with E-state index in [4.69, 9.17) is 4.74 Å². The number of nitrogens with one attached hydrogen (secondary N) is 1. The molecular formula is C16H33N3O. The van der Waals surface area contributed by atoms with E-state index in [-0.39, 0.29) is 0 Å². The van der Waals surface area contributed by atoms with Gasteiger partial charge in [0, 0.05) is 32.2 Å². The lowest BCUT2D eigenvalue weighted by atomic mass is 9.97. The molecule has 2 heterocycles. The molecule has 20 heavy (non-hydrogen) atoms. The summed E-state index contributed by atoms with van der Waals surface area (Å²) < 4.78 is 5.98. The summed E-state index contributed by atoms with van der Waals surface area (Å²) in [5.74, 6) is 0.827. The number of likely N-dealkylation sites (tertiary alicyclic amines) is 1. The third kappa shape index (κ3) is 4.99. The van der Waals surface area contributed by atoms with E-state index in [0.29, 0.717) is 12.1 Å². The maximum absolute atomic E-state index is 5.98. The van der Waals surface area contributed by atoms with Crippen LogP contribution >= 0.6 is 0 Å². The minimum atomic E-state index is 0.407. The molecule has 0 aromatic rings. The van der Waals surface area contributed by atoms with Crippen LogP contribution in [0.3, 0.4) is 0 Å². The van der Waals surface area contributed by atoms with Gasteiger partial charge >= 0.3 is 0 Å². The van der Waals surface area contributed by atoms with Gasteiger partial charge in [-0.15, -0.1) is 0 Å². The summed E-state index contributed by atoms with van der Waals surface area (Å²) in [6.45, 7) is 15.7. The molecule has 118 valence electrons. The van der Waals surface area contributed by atoms with Gasteiger partial charge in [0.05, 0.1) is 12.7 Å². The molecule has 0 aromatic carbocycles. The van der Waals surface area contributed by atoms with Crippen molar-refractivity contribution in [1.29, 1.82) is 0 Å². The quantitative estimate of drug-likeness (QED) is 0.798. The first-order valence-corrected chi connectivity index (χ1v) is 8.47. The zero-order valence-electron chi connectivity index (χ0n) is 13.6. The molecule has 1 N–H and O–H groups in total. The first kappa shape index (κ1) is 16.2. The van der Waals surface area contributed by atoms with Gasteiger partial charge in [-0.25, -0.2) is 0 Å². The molecule has 4 heteroatoms. The van der Waals surface area contributed by atoms with Gasteiger partial charge in [-0.05, 0) is 52.2 Å². The fourth-order valence-electron chi connectivity index (χ4n) is 3.44. The summed E-state index contributed by atoms with van der Waals surface area (Å²) in [6, 6.07) is 0.643. The van der Waals surface area contributed by atoms with Gasteiger partial charge in [0.15, 0.2) is 0 Å². The molecular weight excluding hydrogens is 250 g/mol. The second-order valence-electron chi connectivity index (χ2n) is 6.66. The molecule has 4 nitrogen and oxygen atoms in total. The van der Waals surface area contributed by atoms with Crippen LogP contribution in [0.15, 0.2) is 0 Å². The van der Waals surface area contributed by atoms with Crippen LogP contribution in [0.2, 0.25) is 0 Å². The van der Waals surface area contributed by atoms with Crippen LogP contribution < -0.4 is 5.32 Å². The Labute approximate surface area is 124 Å². The van der Waals surface area contributed by atoms with Crippen LogP contribution in [-0.2, 0) is 4.74 Å². The van der Waals surface area contributed by atoms with Crippen molar-refractivity contribution in [2.45, 2.75) is 45.8 Å². The maximum Gasteiger partial charge on any atom is 0.0829 e. The second kappa shape index (κ2) is 8.32. The Balaban J connectivity index is 1.74. The highest BCUT2D eigenvalue weighted by Gasteiger charge is 2.26. The standard InChI is InChI=1S/C16H33N3O/c1-4-17-10-15-6-5-7-18(11-15)12-16-13-19(14(2)3)8-9-20-16/h14-17H,4-13H2,1-3H3. The molecule has 2 saturated heterocycles. The fraction of sp³-hybridized carbons (Fsp3) is 1.00. The van der Waals surface area contributed by atoms with Gasteiger partial charge in [-0.3, -0.25) is 4.90 Å². The van der Waals surface area contributed by atoms with Crippen molar-refractivity contribution in [3.8, 4) is 0 Å². The Hall–Kier alpha value is -0.160. The summed E-state index contributed by atoms with van der Waals surface area (Å²) in [4.78, 5) is 5.17. The first-order valence-electron chi connectivity index (χ1n) is 8.47. The number of rotatable bonds is 6. The molecule has 0 bridgehead atoms. The molecule has 0 saturated carbocycles. The number of hydrogen-bond acceptors (Lipinski definition) is 4. The summed E-state index contributed by atoms with van der Waals surface area (Å²) in [6.07, 6.45) is 3.13. The maximum atomic E-state index is 5.98. The molecule has 2 rings (SSSR count). The molecule has 0 aromatic heterocycles. The zero-order valence-corrected chi connectivity index (χ0v) is 13.6. The van der Waals surface area contributed by atoms with Gasteiger partial charge in [0.25, 0.3) is 0 Å². The topological polar surface area (TPSA) is 27.7 Å². The fourth-order valence-corrected chi connectivity index (χ4v) is 3.44. The van der Waals surface area contributed by atoms with E-state index in [9.17, 15) is 0 Å². The van der Waals surface area contributed by atoms with Crippen molar-refractivity contribution in [2.75, 3.05) is 52.4 Å². The number of piperidine rings is 1. The van der Waals surface area contributed by atoms with E-state index < -0.39 is 0 Å². The van der Waals surface area contributed by atoms with Crippen LogP contribution in [0.1, 0.15) is 33.6 Å². The minimum absolute atomic E-state index is 0.407. The lowest BCUT2D eigenvalue weighted by Crippen LogP contribution is -2.51. The first-order chi connectivity index (χ1) is 9.69. The van der Waals surface area contributed by atoms with Crippen LogP contribution in [-0.4, -0.2) is 74.4 Å². The third-order valence-electron chi connectivity index (χ3n) is 4.65. The number of ether oxygens (including phenoxy) is 1. The van der Waals surface area contributed by atoms with Gasteiger partial charge in [0.2, 0.25) is 0 Å². The van der Waals surface area contributed by atoms with Gasteiger partial charge in [-0.1, -0.05) is 6.92 Å². The predicted molar refractivity (Wildman–Crippen MR) is 84.2 cm³/mol. The lowest BCUT2D eigenvalue weighted by Gasteiger charge is -2.40. The Bertz CT molecular complexity index is 272. The number of hydrogen-bond donors (Lipinski definition) is 1. The molecule has 2 atom stereocenters. The van der Waals surface area contributed by atoms with Crippen LogP contribution in [0, 0.1) is 5.92 Å². The normalized spacial score (nSPS) is 30.0. The smallest absolute Gasteiger partial charge is 0.0829 e. The van der Waals surface area contributed by atoms with E-state index in [1.165, 1.54) is 32.5 Å². The number of nitrogens with zero attached hydrogens (tertiary/aromatic N) is 2. The van der Waals surface area contributed by atoms with Crippen LogP contribution in [0.25, 0.3) is 0 Å². The van der Waals surface area contributed by atoms with Crippen molar-refractivity contribution in [3.63, 3.8) is 0 Å². The van der Waals surface area contributed by atoms with Crippen LogP contribution in [0.5, 0.6) is 0 Å². The Morgan fingerprint density at radius 2 is 2.10 bits per heavy atom. The predicted octanol–water partition coefficient (Wildman–Crippen LogP) is 1.42. The molecule has 0 spiro atoms. The molecule has 0 amide bonds. The Morgan fingerprint density at radius 3 is 2.85 bits per heavy atom. The summed E-state index contributed by atoms with van der Waals surface area (Å²) in [5.41, 5.74) is 0. The monoisotopic (exact) mass is 283 g/mol. The molecule has 0 radical (unpaired) electrons. The average molecular weight is 283 g/mol. The van der Waals surface area contributed by atoms with Gasteiger partial charge < -0.3 is 15.0 Å². The Kier molecular flexibility index (Phi) is 6.75. The molecule has 2 aliphatic rings. The highest BCUT2D eigenvalue weighted by molar-refractivity contribution is 4.80. The van der Waals surface area contributed by atoms with E-state index in [2.05, 4.69) is 35.9 Å². The van der Waals surface area contributed by atoms with Crippen molar-refractivity contribution in [1.82, 2.24) is 15.1 Å². The van der Waals surface area contributed by atoms with Gasteiger partial charge in [-0.2, -0.15) is 0 Å². The second-order valence-corrected chi connectivity index (χ2v) is 6.66. The van der Waals surface area contributed by atoms with E-state index in [0.717, 1.165) is 38.7 Å². The van der Waals surface area contributed by atoms with Crippen molar-refractivity contribution < 1.29 is 4.74 Å². The van der Waals surface area contributed by atoms with Crippen molar-refractivity contribution in [3.05, 3.63) is 0 Å². The van der Waals surface area contributed by atoms with Crippen molar-refractivity contribution in [2.24, 2.45) is 5.92 Å². The Morgan fingerprint density at radius 1 is 1.25 bits per heavy atom. The van der Waals surface area contributed by atoms with Gasteiger partial charge in [0.1, 0.15) is 0 Å². The zero-order chi connectivity index (χ0) is 14.4. The lowest BCUT2D eigenvalue weighted by molar-refractivity contribution is -0.0559. The summed E-state index contributed by atoms with van der Waals surface area (Å²) >= 11 is 0. The largest absolute Gasteiger partial charge is 0.374 e. The van der Waals surface area contributed by atoms with Crippen molar-refractivity contribution >= 4 is 0 Å². The summed E-state index contributed by atoms with van der Waals surface area (Å²) in [7, 11) is 0. The molecule has 0 aliphatic carbocycles.